The monoisotopic (exact) mass is 709 g/mol. The van der Waals surface area contributed by atoms with E-state index < -0.39 is 83.8 Å². The number of rotatable bonds is 4. The van der Waals surface area contributed by atoms with Crippen LogP contribution in [-0.2, 0) is 40.0 Å². The van der Waals surface area contributed by atoms with Gasteiger partial charge in [0.1, 0.15) is 42.3 Å². The van der Waals surface area contributed by atoms with Gasteiger partial charge in [0, 0.05) is 26.1 Å². The van der Waals surface area contributed by atoms with Gasteiger partial charge < -0.3 is 41.1 Å². The van der Waals surface area contributed by atoms with Crippen molar-refractivity contribution in [2.45, 2.75) is 121 Å². The molecule has 4 aliphatic heterocycles. The molecule has 0 spiro atoms. The van der Waals surface area contributed by atoms with Gasteiger partial charge in [0.15, 0.2) is 0 Å². The third-order valence-electron chi connectivity index (χ3n) is 10.4. The molecule has 0 aliphatic carbocycles. The summed E-state index contributed by atoms with van der Waals surface area (Å²) in [7, 11) is 0. The van der Waals surface area contributed by atoms with Gasteiger partial charge in [-0.25, -0.2) is 0 Å². The molecule has 278 valence electrons. The van der Waals surface area contributed by atoms with Crippen molar-refractivity contribution in [3.63, 3.8) is 0 Å². The van der Waals surface area contributed by atoms with E-state index in [4.69, 9.17) is 0 Å². The fourth-order valence-corrected chi connectivity index (χ4v) is 7.58. The molecular weight excluding hydrogens is 658 g/mol. The molecule has 1 aromatic carbocycles. The first-order valence-electron chi connectivity index (χ1n) is 18.1. The molecule has 4 fully saturated rings. The van der Waals surface area contributed by atoms with Crippen LogP contribution in [0.3, 0.4) is 0 Å². The summed E-state index contributed by atoms with van der Waals surface area (Å²) < 4.78 is 0. The minimum Gasteiger partial charge on any atom is -0.391 e. The highest BCUT2D eigenvalue weighted by Crippen LogP contribution is 2.27. The minimum absolute atomic E-state index is 0.102. The van der Waals surface area contributed by atoms with E-state index in [2.05, 4.69) is 21.3 Å². The molecule has 7 amide bonds. The molecule has 4 aliphatic rings. The van der Waals surface area contributed by atoms with Crippen LogP contribution in [0.25, 0.3) is 0 Å². The number of fused-ring (bicyclic) bond motifs is 3. The second-order valence-corrected chi connectivity index (χ2v) is 14.5. The lowest BCUT2D eigenvalue weighted by Gasteiger charge is -2.34. The van der Waals surface area contributed by atoms with Crippen molar-refractivity contribution in [3.05, 3.63) is 35.9 Å². The lowest BCUT2D eigenvalue weighted by atomic mass is 9.99. The summed E-state index contributed by atoms with van der Waals surface area (Å²) in [6.45, 7) is 7.16. The van der Waals surface area contributed by atoms with Gasteiger partial charge in [-0.1, -0.05) is 44.2 Å². The van der Waals surface area contributed by atoms with Crippen LogP contribution in [0.5, 0.6) is 0 Å². The fraction of sp³-hybridized carbons (Fsp3) is 0.639. The van der Waals surface area contributed by atoms with Crippen molar-refractivity contribution in [3.8, 4) is 0 Å². The Kier molecular flexibility index (Phi) is 12.0. The van der Waals surface area contributed by atoms with Crippen molar-refractivity contribution in [2.24, 2.45) is 5.92 Å². The first kappa shape index (κ1) is 37.7. The summed E-state index contributed by atoms with van der Waals surface area (Å²) in [6, 6.07) is 1.73. The maximum Gasteiger partial charge on any atom is 0.248 e. The molecule has 0 unspecified atom stereocenters. The van der Waals surface area contributed by atoms with Crippen molar-refractivity contribution >= 4 is 41.4 Å². The molecule has 4 saturated heterocycles. The number of carbonyl (C=O) groups is 7. The highest BCUT2D eigenvalue weighted by molar-refractivity contribution is 5.99. The molecule has 5 rings (SSSR count). The summed E-state index contributed by atoms with van der Waals surface area (Å²) in [5, 5.41) is 21.5. The van der Waals surface area contributed by atoms with Crippen LogP contribution in [0.4, 0.5) is 0 Å². The Morgan fingerprint density at radius 2 is 1.12 bits per heavy atom. The van der Waals surface area contributed by atoms with Crippen molar-refractivity contribution in [2.75, 3.05) is 19.6 Å². The second kappa shape index (κ2) is 16.2. The van der Waals surface area contributed by atoms with Crippen molar-refractivity contribution < 1.29 is 38.7 Å². The molecule has 0 bridgehead atoms. The van der Waals surface area contributed by atoms with Crippen LogP contribution in [-0.4, -0.2) is 129 Å². The summed E-state index contributed by atoms with van der Waals surface area (Å²) in [5.74, 6) is -4.29. The standard InChI is InChI=1S/C36H51N7O8/c1-20(2)28-35(50)43-18-10-15-27(43)34(49)41-16-8-13-25(41)32(47)37-21(3)30(45)40-29(22(4)44)36(51)42-17-9-14-26(42)33(48)38-24(31(46)39-28)19-23-11-6-5-7-12-23/h5-7,11-12,20-22,24-29,44H,8-10,13-19H2,1-4H3,(H,37,47)(H,38,48)(H,39,46)(H,40,45)/t21-,22-,24-,25-,26-,27-,28-,29-/m0/s1. The van der Waals surface area contributed by atoms with E-state index >= 15 is 0 Å². The number of aliphatic hydroxyl groups excluding tert-OH is 1. The van der Waals surface area contributed by atoms with E-state index in [1.807, 2.05) is 30.3 Å². The van der Waals surface area contributed by atoms with Gasteiger partial charge in [-0.3, -0.25) is 33.6 Å². The lowest BCUT2D eigenvalue weighted by Crippen LogP contribution is -2.61. The Bertz CT molecular complexity index is 1500. The van der Waals surface area contributed by atoms with Gasteiger partial charge in [0.2, 0.25) is 41.4 Å². The van der Waals surface area contributed by atoms with Crippen LogP contribution in [0.15, 0.2) is 30.3 Å². The molecule has 15 heteroatoms. The number of benzene rings is 1. The molecule has 1 aromatic rings. The fourth-order valence-electron chi connectivity index (χ4n) is 7.58. The zero-order valence-electron chi connectivity index (χ0n) is 29.8. The van der Waals surface area contributed by atoms with E-state index in [1.54, 1.807) is 13.8 Å². The summed E-state index contributed by atoms with van der Waals surface area (Å²) in [5.41, 5.74) is 0.759. The summed E-state index contributed by atoms with van der Waals surface area (Å²) >= 11 is 0. The van der Waals surface area contributed by atoms with Crippen molar-refractivity contribution in [1.82, 2.24) is 36.0 Å². The van der Waals surface area contributed by atoms with E-state index in [-0.39, 0.29) is 24.8 Å². The van der Waals surface area contributed by atoms with E-state index in [0.717, 1.165) is 5.56 Å². The van der Waals surface area contributed by atoms with Gasteiger partial charge in [-0.2, -0.15) is 0 Å². The Labute approximate surface area is 298 Å². The van der Waals surface area contributed by atoms with E-state index in [0.29, 0.717) is 51.6 Å². The van der Waals surface area contributed by atoms with Crippen molar-refractivity contribution in [1.29, 1.82) is 0 Å². The second-order valence-electron chi connectivity index (χ2n) is 14.5. The molecule has 0 radical (unpaired) electrons. The van der Waals surface area contributed by atoms with E-state index in [1.165, 1.54) is 28.5 Å². The number of amides is 7. The summed E-state index contributed by atoms with van der Waals surface area (Å²) in [4.78, 5) is 101. The Morgan fingerprint density at radius 1 is 0.627 bits per heavy atom. The Balaban J connectivity index is 1.51. The Morgan fingerprint density at radius 3 is 1.69 bits per heavy atom. The predicted octanol–water partition coefficient (Wildman–Crippen LogP) is -0.788. The third-order valence-corrected chi connectivity index (χ3v) is 10.4. The first-order valence-corrected chi connectivity index (χ1v) is 18.1. The zero-order valence-corrected chi connectivity index (χ0v) is 29.8. The lowest BCUT2D eigenvalue weighted by molar-refractivity contribution is -0.148. The van der Waals surface area contributed by atoms with Gasteiger partial charge in [-0.05, 0) is 63.9 Å². The van der Waals surface area contributed by atoms with Crippen LogP contribution < -0.4 is 21.3 Å². The van der Waals surface area contributed by atoms with Gasteiger partial charge >= 0.3 is 0 Å². The minimum atomic E-state index is -1.42. The topological polar surface area (TPSA) is 198 Å². The van der Waals surface area contributed by atoms with Crippen LogP contribution >= 0.6 is 0 Å². The number of carbonyl (C=O) groups excluding carboxylic acids is 7. The summed E-state index contributed by atoms with van der Waals surface area (Å²) in [6.07, 6.45) is 1.41. The number of nitrogens with one attached hydrogen (secondary N) is 4. The largest absolute Gasteiger partial charge is 0.391 e. The number of hydrogen-bond acceptors (Lipinski definition) is 8. The third kappa shape index (κ3) is 8.35. The molecule has 51 heavy (non-hydrogen) atoms. The first-order chi connectivity index (χ1) is 24.3. The molecule has 0 saturated carbocycles. The smallest absolute Gasteiger partial charge is 0.248 e. The molecular formula is C36H51N7O8. The number of hydrogen-bond donors (Lipinski definition) is 5. The molecule has 4 heterocycles. The maximum atomic E-state index is 14.2. The average Bonchev–Trinajstić information content (AvgIpc) is 3.89. The maximum absolute atomic E-state index is 14.2. The Hall–Kier alpha value is -4.53. The SMILES string of the molecule is CC(C)[C@@H]1NC(=O)[C@H](Cc2ccccc2)NC(=O)[C@@H]2CCCN2C(=O)[C@H]([C@H](C)O)NC(=O)[C@H](C)NC(=O)[C@@H]2CCCN2C(=O)[C@@H]2CCCN2C1=O. The molecule has 15 nitrogen and oxygen atoms in total. The zero-order chi connectivity index (χ0) is 37.0. The van der Waals surface area contributed by atoms with Crippen LogP contribution in [0.2, 0.25) is 0 Å². The predicted molar refractivity (Wildman–Crippen MR) is 184 cm³/mol. The normalized spacial score (nSPS) is 30.9. The van der Waals surface area contributed by atoms with Crippen LogP contribution in [0.1, 0.15) is 71.8 Å². The molecule has 0 aromatic heterocycles. The number of nitrogens with zero attached hydrogens (tertiary/aromatic N) is 3. The highest BCUT2D eigenvalue weighted by atomic mass is 16.3. The van der Waals surface area contributed by atoms with Gasteiger partial charge in [-0.15, -0.1) is 0 Å². The molecule has 8 atom stereocenters. The molecule has 5 N–H and O–H groups in total. The number of aliphatic hydroxyl groups is 1. The van der Waals surface area contributed by atoms with Crippen LogP contribution in [0, 0.1) is 5.92 Å². The van der Waals surface area contributed by atoms with E-state index in [9.17, 15) is 38.7 Å². The average molecular weight is 710 g/mol. The highest BCUT2D eigenvalue weighted by Gasteiger charge is 2.45. The quantitative estimate of drug-likeness (QED) is 0.268. The van der Waals surface area contributed by atoms with Gasteiger partial charge in [0.25, 0.3) is 0 Å². The van der Waals surface area contributed by atoms with Gasteiger partial charge in [0.05, 0.1) is 6.10 Å².